The Labute approximate surface area is 123 Å². The van der Waals surface area contributed by atoms with Crippen molar-refractivity contribution in [1.82, 2.24) is 0 Å². The van der Waals surface area contributed by atoms with Crippen LogP contribution in [0.15, 0.2) is 48.5 Å². The molecule has 0 spiro atoms. The van der Waals surface area contributed by atoms with Gasteiger partial charge in [0.25, 0.3) is 0 Å². The van der Waals surface area contributed by atoms with Crippen molar-refractivity contribution >= 4 is 12.2 Å². The molecule has 0 aliphatic heterocycles. The lowest BCUT2D eigenvalue weighted by Crippen LogP contribution is -2.27. The summed E-state index contributed by atoms with van der Waals surface area (Å²) in [4.78, 5) is 0. The van der Waals surface area contributed by atoms with Crippen LogP contribution in [0.5, 0.6) is 5.75 Å². The molecular formula is C18H23BO. The van der Waals surface area contributed by atoms with E-state index in [0.29, 0.717) is 13.3 Å². The Morgan fingerprint density at radius 3 is 2.30 bits per heavy atom. The first-order valence-electron chi connectivity index (χ1n) is 7.50. The van der Waals surface area contributed by atoms with Crippen LogP contribution >= 0.6 is 0 Å². The average molecular weight is 266 g/mol. The van der Waals surface area contributed by atoms with Gasteiger partial charge in [0.1, 0.15) is 12.4 Å². The molecule has 0 fully saturated rings. The van der Waals surface area contributed by atoms with Gasteiger partial charge < -0.3 is 4.74 Å². The van der Waals surface area contributed by atoms with Gasteiger partial charge in [0.15, 0.2) is 6.71 Å². The van der Waals surface area contributed by atoms with Crippen LogP contribution in [-0.2, 0) is 13.0 Å². The maximum absolute atomic E-state index is 5.92. The summed E-state index contributed by atoms with van der Waals surface area (Å²) >= 11 is 0. The molecule has 2 rings (SSSR count). The number of rotatable bonds is 6. The lowest BCUT2D eigenvalue weighted by Gasteiger charge is -2.12. The Bertz CT molecular complexity index is 531. The van der Waals surface area contributed by atoms with Crippen molar-refractivity contribution in [2.45, 2.75) is 40.0 Å². The third-order valence-electron chi connectivity index (χ3n) is 3.53. The van der Waals surface area contributed by atoms with E-state index in [1.807, 2.05) is 0 Å². The number of aryl methyl sites for hydroxylation is 1. The molecule has 0 aromatic heterocycles. The average Bonchev–Trinajstić information content (AvgIpc) is 2.47. The van der Waals surface area contributed by atoms with E-state index in [0.717, 1.165) is 12.2 Å². The van der Waals surface area contributed by atoms with Gasteiger partial charge in [-0.2, -0.15) is 0 Å². The molecule has 104 valence electrons. The minimum Gasteiger partial charge on any atom is -0.489 e. The number of benzene rings is 2. The van der Waals surface area contributed by atoms with Crippen molar-refractivity contribution in [3.8, 4) is 5.75 Å². The third-order valence-corrected chi connectivity index (χ3v) is 3.53. The Morgan fingerprint density at radius 1 is 0.950 bits per heavy atom. The van der Waals surface area contributed by atoms with E-state index in [9.17, 15) is 0 Å². The van der Waals surface area contributed by atoms with E-state index in [-0.39, 0.29) is 0 Å². The summed E-state index contributed by atoms with van der Waals surface area (Å²) in [5.41, 5.74) is 4.03. The van der Waals surface area contributed by atoms with Crippen LogP contribution in [0.3, 0.4) is 0 Å². The minimum atomic E-state index is 0.529. The van der Waals surface area contributed by atoms with Crippen LogP contribution in [0.1, 0.15) is 24.5 Å². The molecule has 0 heterocycles. The predicted molar refractivity (Wildman–Crippen MR) is 88.3 cm³/mol. The zero-order valence-electron chi connectivity index (χ0n) is 12.7. The summed E-state index contributed by atoms with van der Waals surface area (Å²) < 4.78 is 5.92. The second-order valence-electron chi connectivity index (χ2n) is 5.54. The standard InChI is InChI=1S/C18H23BO/c1-4-7-15-10-12-17(13-11-15)20-14-16-8-5-6-9-18(16)19(2)3/h5-6,8-13H,4,7,14H2,1-3H3. The molecule has 20 heavy (non-hydrogen) atoms. The van der Waals surface area contributed by atoms with E-state index >= 15 is 0 Å². The van der Waals surface area contributed by atoms with Gasteiger partial charge in [-0.25, -0.2) is 0 Å². The van der Waals surface area contributed by atoms with Crippen LogP contribution in [0.4, 0.5) is 0 Å². The van der Waals surface area contributed by atoms with E-state index < -0.39 is 0 Å². The highest BCUT2D eigenvalue weighted by Crippen LogP contribution is 2.15. The third kappa shape index (κ3) is 3.90. The topological polar surface area (TPSA) is 9.23 Å². The van der Waals surface area contributed by atoms with Gasteiger partial charge in [0.05, 0.1) is 0 Å². The first-order chi connectivity index (χ1) is 9.70. The van der Waals surface area contributed by atoms with Crippen molar-refractivity contribution in [2.24, 2.45) is 0 Å². The maximum atomic E-state index is 5.92. The fourth-order valence-corrected chi connectivity index (χ4v) is 2.43. The first-order valence-corrected chi connectivity index (χ1v) is 7.50. The summed E-state index contributed by atoms with van der Waals surface area (Å²) in [5, 5.41) is 0. The zero-order chi connectivity index (χ0) is 14.4. The molecular weight excluding hydrogens is 243 g/mol. The van der Waals surface area contributed by atoms with Crippen LogP contribution < -0.4 is 10.2 Å². The summed E-state index contributed by atoms with van der Waals surface area (Å²) in [7, 11) is 0. The molecule has 0 aliphatic carbocycles. The number of ether oxygens (including phenoxy) is 1. The second kappa shape index (κ2) is 7.18. The van der Waals surface area contributed by atoms with Gasteiger partial charge in [0.2, 0.25) is 0 Å². The fourth-order valence-electron chi connectivity index (χ4n) is 2.43. The van der Waals surface area contributed by atoms with Crippen LogP contribution in [0, 0.1) is 0 Å². The smallest absolute Gasteiger partial charge is 0.170 e. The van der Waals surface area contributed by atoms with Crippen molar-refractivity contribution in [3.63, 3.8) is 0 Å². The van der Waals surface area contributed by atoms with E-state index in [2.05, 4.69) is 69.1 Å². The molecule has 0 saturated heterocycles. The molecule has 0 unspecified atom stereocenters. The van der Waals surface area contributed by atoms with Crippen molar-refractivity contribution in [3.05, 3.63) is 59.7 Å². The Hall–Kier alpha value is -1.70. The molecule has 0 aliphatic rings. The largest absolute Gasteiger partial charge is 0.489 e. The van der Waals surface area contributed by atoms with Gasteiger partial charge in [-0.1, -0.05) is 68.9 Å². The van der Waals surface area contributed by atoms with Crippen molar-refractivity contribution in [1.29, 1.82) is 0 Å². The van der Waals surface area contributed by atoms with Crippen LogP contribution in [-0.4, -0.2) is 6.71 Å². The SMILES string of the molecule is CCCc1ccc(OCc2ccccc2B(C)C)cc1. The van der Waals surface area contributed by atoms with E-state index in [1.54, 1.807) is 0 Å². The van der Waals surface area contributed by atoms with E-state index in [1.165, 1.54) is 23.0 Å². The Morgan fingerprint density at radius 2 is 1.65 bits per heavy atom. The molecule has 2 aromatic rings. The number of hydrogen-bond acceptors (Lipinski definition) is 1. The predicted octanol–water partition coefficient (Wildman–Crippen LogP) is 4.18. The van der Waals surface area contributed by atoms with Crippen molar-refractivity contribution in [2.75, 3.05) is 0 Å². The van der Waals surface area contributed by atoms with Gasteiger partial charge >= 0.3 is 0 Å². The summed E-state index contributed by atoms with van der Waals surface area (Å²) in [6.45, 7) is 7.81. The lowest BCUT2D eigenvalue weighted by molar-refractivity contribution is 0.307. The van der Waals surface area contributed by atoms with Crippen LogP contribution in [0.25, 0.3) is 0 Å². The molecule has 0 atom stereocenters. The normalized spacial score (nSPS) is 10.3. The Balaban J connectivity index is 2.01. The molecule has 2 aromatic carbocycles. The van der Waals surface area contributed by atoms with Crippen LogP contribution in [0.2, 0.25) is 13.6 Å². The highest BCUT2D eigenvalue weighted by molar-refractivity contribution is 6.71. The maximum Gasteiger partial charge on any atom is 0.170 e. The summed E-state index contributed by atoms with van der Waals surface area (Å²) in [5.74, 6) is 0.948. The molecule has 2 heteroatoms. The van der Waals surface area contributed by atoms with Gasteiger partial charge in [-0.05, 0) is 29.7 Å². The summed E-state index contributed by atoms with van der Waals surface area (Å²) in [6.07, 6.45) is 2.32. The quantitative estimate of drug-likeness (QED) is 0.713. The fraction of sp³-hybridized carbons (Fsp3) is 0.333. The minimum absolute atomic E-state index is 0.529. The molecule has 0 radical (unpaired) electrons. The molecule has 1 nitrogen and oxygen atoms in total. The molecule has 0 saturated carbocycles. The van der Waals surface area contributed by atoms with Crippen molar-refractivity contribution < 1.29 is 4.74 Å². The highest BCUT2D eigenvalue weighted by Gasteiger charge is 2.08. The molecule has 0 amide bonds. The molecule has 0 N–H and O–H groups in total. The van der Waals surface area contributed by atoms with Gasteiger partial charge in [-0.15, -0.1) is 0 Å². The lowest BCUT2D eigenvalue weighted by atomic mass is 9.48. The summed E-state index contributed by atoms with van der Waals surface area (Å²) in [6, 6.07) is 17.0. The second-order valence-corrected chi connectivity index (χ2v) is 5.54. The highest BCUT2D eigenvalue weighted by atomic mass is 16.5. The zero-order valence-corrected chi connectivity index (χ0v) is 12.7. The number of hydrogen-bond donors (Lipinski definition) is 0. The molecule has 0 bridgehead atoms. The van der Waals surface area contributed by atoms with Gasteiger partial charge in [-0.3, -0.25) is 0 Å². The monoisotopic (exact) mass is 266 g/mol. The first kappa shape index (κ1) is 14.7. The Kier molecular flexibility index (Phi) is 5.28. The van der Waals surface area contributed by atoms with E-state index in [4.69, 9.17) is 4.74 Å². The van der Waals surface area contributed by atoms with Gasteiger partial charge in [0, 0.05) is 0 Å².